The van der Waals surface area contributed by atoms with Crippen LogP contribution in [0.15, 0.2) is 64.9 Å². The number of imide groups is 1. The van der Waals surface area contributed by atoms with E-state index < -0.39 is 26.9 Å². The first-order valence-electron chi connectivity index (χ1n) is 8.18. The molecule has 1 aromatic heterocycles. The van der Waals surface area contributed by atoms with Gasteiger partial charge in [-0.1, -0.05) is 23.7 Å². The fourth-order valence-corrected chi connectivity index (χ4v) is 5.37. The molecule has 10 heteroatoms. The number of amides is 3. The van der Waals surface area contributed by atoms with Crippen molar-refractivity contribution in [2.24, 2.45) is 0 Å². The van der Waals surface area contributed by atoms with Crippen LogP contribution >= 0.6 is 22.9 Å². The molecule has 0 spiro atoms. The van der Waals surface area contributed by atoms with E-state index in [0.29, 0.717) is 16.8 Å². The van der Waals surface area contributed by atoms with Crippen molar-refractivity contribution in [1.29, 1.82) is 0 Å². The second kappa shape index (κ2) is 7.11. The highest BCUT2D eigenvalue weighted by atomic mass is 35.5. The highest BCUT2D eigenvalue weighted by Crippen LogP contribution is 2.30. The zero-order valence-corrected chi connectivity index (χ0v) is 16.8. The predicted molar refractivity (Wildman–Crippen MR) is 110 cm³/mol. The molecule has 0 aliphatic carbocycles. The van der Waals surface area contributed by atoms with E-state index in [-0.39, 0.29) is 14.2 Å². The van der Waals surface area contributed by atoms with Crippen LogP contribution in [0, 0.1) is 0 Å². The summed E-state index contributed by atoms with van der Waals surface area (Å²) in [4.78, 5) is 38.2. The molecule has 146 valence electrons. The topological polar surface area (TPSA) is 101 Å². The number of hydrogen-bond donors (Lipinski definition) is 1. The summed E-state index contributed by atoms with van der Waals surface area (Å²) >= 11 is 6.51. The first-order valence-corrected chi connectivity index (χ1v) is 10.9. The molecule has 0 saturated heterocycles. The third kappa shape index (κ3) is 3.33. The van der Waals surface area contributed by atoms with Crippen molar-refractivity contribution in [1.82, 2.24) is 0 Å². The van der Waals surface area contributed by atoms with Gasteiger partial charge in [-0.15, -0.1) is 11.3 Å². The minimum atomic E-state index is -4.23. The fourth-order valence-electron chi connectivity index (χ4n) is 2.84. The van der Waals surface area contributed by atoms with Gasteiger partial charge in [-0.2, -0.15) is 0 Å². The fraction of sp³-hybridized carbons (Fsp3) is 0. The predicted octanol–water partition coefficient (Wildman–Crippen LogP) is 4.21. The molecule has 1 aliphatic rings. The number of nitrogens with one attached hydrogen (secondary N) is 1. The van der Waals surface area contributed by atoms with Crippen LogP contribution in [0.3, 0.4) is 0 Å². The SMILES string of the molecule is O=C1c2ccccc2C(=O)N1c1ccc(NC(=O)S(=O)(=O)c2ccc(Cl)s2)cc1. The molecule has 2 heterocycles. The second-order valence-electron chi connectivity index (χ2n) is 6.01. The van der Waals surface area contributed by atoms with Gasteiger partial charge >= 0.3 is 5.24 Å². The summed E-state index contributed by atoms with van der Waals surface area (Å²) < 4.78 is 24.6. The van der Waals surface area contributed by atoms with Crippen LogP contribution in [0.5, 0.6) is 0 Å². The van der Waals surface area contributed by atoms with Crippen molar-refractivity contribution in [2.75, 3.05) is 10.2 Å². The molecular formula is C19H11ClN2O5S2. The van der Waals surface area contributed by atoms with Gasteiger partial charge in [-0.05, 0) is 48.5 Å². The lowest BCUT2D eigenvalue weighted by Crippen LogP contribution is -2.29. The van der Waals surface area contributed by atoms with Crippen LogP contribution in [-0.2, 0) is 9.84 Å². The number of carbonyl (C=O) groups is 3. The number of fused-ring (bicyclic) bond motifs is 1. The average Bonchev–Trinajstić information content (AvgIpc) is 3.25. The monoisotopic (exact) mass is 446 g/mol. The normalized spacial score (nSPS) is 13.5. The van der Waals surface area contributed by atoms with Gasteiger partial charge in [0.25, 0.3) is 21.7 Å². The first kappa shape index (κ1) is 19.3. The van der Waals surface area contributed by atoms with E-state index >= 15 is 0 Å². The number of sulfone groups is 1. The maximum absolute atomic E-state index is 12.5. The smallest absolute Gasteiger partial charge is 0.312 e. The first-order chi connectivity index (χ1) is 13.8. The Hall–Kier alpha value is -3.01. The number of anilines is 2. The minimum Gasteiger partial charge on any atom is -0.312 e. The zero-order chi connectivity index (χ0) is 20.8. The Bertz CT molecular complexity index is 1230. The number of hydrogen-bond acceptors (Lipinski definition) is 6. The number of thiophene rings is 1. The maximum atomic E-state index is 12.5. The summed E-state index contributed by atoms with van der Waals surface area (Å²) in [7, 11) is -4.23. The molecule has 0 bridgehead atoms. The van der Waals surface area contributed by atoms with Crippen molar-refractivity contribution in [3.05, 3.63) is 76.1 Å². The molecule has 1 N–H and O–H groups in total. The average molecular weight is 447 g/mol. The van der Waals surface area contributed by atoms with E-state index in [1.54, 1.807) is 24.3 Å². The zero-order valence-electron chi connectivity index (χ0n) is 14.5. The minimum absolute atomic E-state index is 0.164. The molecule has 7 nitrogen and oxygen atoms in total. The molecular weight excluding hydrogens is 436 g/mol. The van der Waals surface area contributed by atoms with Crippen molar-refractivity contribution in [3.63, 3.8) is 0 Å². The van der Waals surface area contributed by atoms with E-state index in [9.17, 15) is 22.8 Å². The Morgan fingerprint density at radius 2 is 1.48 bits per heavy atom. The molecule has 1 aliphatic heterocycles. The van der Waals surface area contributed by atoms with E-state index in [2.05, 4.69) is 5.32 Å². The second-order valence-corrected chi connectivity index (χ2v) is 9.80. The Labute approximate surface area is 174 Å². The molecule has 2 aromatic carbocycles. The summed E-state index contributed by atoms with van der Waals surface area (Å²) in [5.41, 5.74) is 1.13. The molecule has 0 saturated carbocycles. The highest BCUT2D eigenvalue weighted by molar-refractivity contribution is 8.07. The van der Waals surface area contributed by atoms with Crippen molar-refractivity contribution in [2.45, 2.75) is 4.21 Å². The molecule has 4 rings (SSSR count). The lowest BCUT2D eigenvalue weighted by atomic mass is 10.1. The van der Waals surface area contributed by atoms with Gasteiger partial charge < -0.3 is 5.32 Å². The quantitative estimate of drug-likeness (QED) is 0.607. The third-order valence-electron chi connectivity index (χ3n) is 4.22. The highest BCUT2D eigenvalue weighted by Gasteiger charge is 2.36. The summed E-state index contributed by atoms with van der Waals surface area (Å²) in [5.74, 6) is -0.890. The summed E-state index contributed by atoms with van der Waals surface area (Å²) in [6, 6.07) is 14.9. The molecule has 0 fully saturated rings. The number of benzene rings is 2. The van der Waals surface area contributed by atoms with Crippen LogP contribution in [0.2, 0.25) is 4.34 Å². The number of rotatable bonds is 3. The van der Waals surface area contributed by atoms with Gasteiger partial charge in [0.15, 0.2) is 0 Å². The van der Waals surface area contributed by atoms with Crippen LogP contribution in [-0.4, -0.2) is 25.5 Å². The molecule has 0 atom stereocenters. The van der Waals surface area contributed by atoms with E-state index in [1.807, 2.05) is 0 Å². The van der Waals surface area contributed by atoms with Crippen LogP contribution in [0.4, 0.5) is 16.2 Å². The van der Waals surface area contributed by atoms with Gasteiger partial charge in [-0.3, -0.25) is 14.4 Å². The largest absolute Gasteiger partial charge is 0.346 e. The standard InChI is InChI=1S/C19H11ClN2O5S2/c20-15-9-10-16(28-15)29(26,27)19(25)21-11-5-7-12(8-6-11)22-17(23)13-3-1-2-4-14(13)18(22)24/h1-10H,(H,21,25). The van der Waals surface area contributed by atoms with Crippen molar-refractivity contribution in [3.8, 4) is 0 Å². The lowest BCUT2D eigenvalue weighted by Gasteiger charge is -2.14. The van der Waals surface area contributed by atoms with Crippen LogP contribution in [0.1, 0.15) is 20.7 Å². The van der Waals surface area contributed by atoms with E-state index in [1.165, 1.54) is 36.4 Å². The van der Waals surface area contributed by atoms with Gasteiger partial charge in [-0.25, -0.2) is 13.3 Å². The van der Waals surface area contributed by atoms with Gasteiger partial charge in [0.05, 0.1) is 21.2 Å². The number of carbonyl (C=O) groups excluding carboxylic acids is 3. The van der Waals surface area contributed by atoms with Crippen molar-refractivity contribution >= 4 is 61.2 Å². The lowest BCUT2D eigenvalue weighted by molar-refractivity contribution is 0.0926. The molecule has 3 amide bonds. The number of halogens is 1. The van der Waals surface area contributed by atoms with Crippen LogP contribution < -0.4 is 10.2 Å². The van der Waals surface area contributed by atoms with Gasteiger partial charge in [0, 0.05) is 5.69 Å². The third-order valence-corrected chi connectivity index (χ3v) is 7.41. The molecule has 29 heavy (non-hydrogen) atoms. The Kier molecular flexibility index (Phi) is 4.73. The maximum Gasteiger partial charge on any atom is 0.346 e. The summed E-state index contributed by atoms with van der Waals surface area (Å²) in [5, 5.41) is 1.09. The Morgan fingerprint density at radius 1 is 0.897 bits per heavy atom. The van der Waals surface area contributed by atoms with E-state index in [0.717, 1.165) is 16.2 Å². The van der Waals surface area contributed by atoms with Gasteiger partial charge in [0.2, 0.25) is 0 Å². The Balaban J connectivity index is 1.54. The van der Waals surface area contributed by atoms with Crippen molar-refractivity contribution < 1.29 is 22.8 Å². The molecule has 0 radical (unpaired) electrons. The molecule has 0 unspecified atom stereocenters. The van der Waals surface area contributed by atoms with Crippen LogP contribution in [0.25, 0.3) is 0 Å². The molecule has 3 aromatic rings. The van der Waals surface area contributed by atoms with Gasteiger partial charge in [0.1, 0.15) is 4.21 Å². The number of nitrogens with zero attached hydrogens (tertiary/aromatic N) is 1. The van der Waals surface area contributed by atoms with E-state index in [4.69, 9.17) is 11.6 Å². The summed E-state index contributed by atoms with van der Waals surface area (Å²) in [6.07, 6.45) is 0. The summed E-state index contributed by atoms with van der Waals surface area (Å²) in [6.45, 7) is 0. The Morgan fingerprint density at radius 3 is 2.00 bits per heavy atom.